The van der Waals surface area contributed by atoms with E-state index in [4.69, 9.17) is 4.43 Å². The molecule has 3 heteroatoms. The summed E-state index contributed by atoms with van der Waals surface area (Å²) < 4.78 is 6.68. The Hall–Kier alpha value is 0.137. The van der Waals surface area contributed by atoms with Crippen molar-refractivity contribution in [3.05, 3.63) is 0 Å². The summed E-state index contributed by atoms with van der Waals surface area (Å²) in [7, 11) is -1.38. The maximum absolute atomic E-state index is 6.68. The van der Waals surface area contributed by atoms with Crippen LogP contribution in [0.2, 0.25) is 17.1 Å². The largest absolute Gasteiger partial charge is 0.416 e. The van der Waals surface area contributed by atoms with Gasteiger partial charge in [-0.1, -0.05) is 70.6 Å². The van der Waals surface area contributed by atoms with Crippen LogP contribution in [0.5, 0.6) is 0 Å². The van der Waals surface area contributed by atoms with Gasteiger partial charge in [-0.25, -0.2) is 0 Å². The highest BCUT2D eigenvalue weighted by Crippen LogP contribution is 2.52. The maximum Gasteiger partial charge on any atom is 0.198 e. The average Bonchev–Trinajstić information content (AvgIpc) is 2.50. The predicted molar refractivity (Wildman–Crippen MR) is 84.4 cm³/mol. The summed E-state index contributed by atoms with van der Waals surface area (Å²) in [4.78, 5) is 0. The van der Waals surface area contributed by atoms with Gasteiger partial charge in [0.1, 0.15) is 0 Å². The second kappa shape index (κ2) is 7.23. The van der Waals surface area contributed by atoms with Crippen molar-refractivity contribution >= 4 is 8.32 Å². The van der Waals surface area contributed by atoms with Crippen LogP contribution >= 0.6 is 0 Å². The van der Waals surface area contributed by atoms with Gasteiger partial charge in [-0.2, -0.15) is 0 Å². The molecule has 0 atom stereocenters. The Morgan fingerprint density at radius 2 is 1.16 bits per heavy atom. The molecule has 1 aliphatic heterocycles. The standard InChI is InChI=1S/C16H30OSi.H3N/c1-3-9-15(10-4-1)18(14-8-7-13-17-18)16-11-5-2-6-12-16;/h15-16H,1-14H2;1H3. The first-order valence-electron chi connectivity index (χ1n) is 8.56. The van der Waals surface area contributed by atoms with Crippen LogP contribution in [0.25, 0.3) is 0 Å². The van der Waals surface area contributed by atoms with Crippen molar-refractivity contribution in [1.82, 2.24) is 6.15 Å². The lowest BCUT2D eigenvalue weighted by atomic mass is 9.99. The molecular weight excluding hydrogens is 250 g/mol. The van der Waals surface area contributed by atoms with Crippen LogP contribution < -0.4 is 6.15 Å². The van der Waals surface area contributed by atoms with Crippen LogP contribution in [0.15, 0.2) is 0 Å². The minimum Gasteiger partial charge on any atom is -0.416 e. The van der Waals surface area contributed by atoms with Gasteiger partial charge in [-0.3, -0.25) is 0 Å². The molecule has 2 aliphatic carbocycles. The van der Waals surface area contributed by atoms with E-state index in [1.165, 1.54) is 83.1 Å². The van der Waals surface area contributed by atoms with E-state index in [9.17, 15) is 0 Å². The summed E-state index contributed by atoms with van der Waals surface area (Å²) in [6.07, 6.45) is 17.9. The fourth-order valence-electron chi connectivity index (χ4n) is 5.00. The summed E-state index contributed by atoms with van der Waals surface area (Å²) in [5.74, 6) is 0. The van der Waals surface area contributed by atoms with E-state index in [1.54, 1.807) is 0 Å². The quantitative estimate of drug-likeness (QED) is 0.673. The SMILES string of the molecule is C1CCC([Si]2(C3CCCCC3)CCCCO2)CC1.N. The first kappa shape index (κ1) is 15.5. The fraction of sp³-hybridized carbons (Fsp3) is 1.00. The number of hydrogen-bond donors (Lipinski definition) is 1. The third-order valence-electron chi connectivity index (χ3n) is 5.93. The highest BCUT2D eigenvalue weighted by molar-refractivity contribution is 6.76. The van der Waals surface area contributed by atoms with Crippen molar-refractivity contribution in [1.29, 1.82) is 0 Å². The van der Waals surface area contributed by atoms with E-state index in [-0.39, 0.29) is 6.15 Å². The lowest BCUT2D eigenvalue weighted by molar-refractivity contribution is 0.230. The molecule has 0 radical (unpaired) electrons. The summed E-state index contributed by atoms with van der Waals surface area (Å²) in [5, 5.41) is 0. The van der Waals surface area contributed by atoms with E-state index in [0.29, 0.717) is 0 Å². The van der Waals surface area contributed by atoms with Crippen LogP contribution in [0.1, 0.15) is 77.0 Å². The van der Waals surface area contributed by atoms with E-state index in [1.807, 2.05) is 0 Å². The van der Waals surface area contributed by atoms with E-state index in [0.717, 1.165) is 17.7 Å². The average molecular weight is 284 g/mol. The van der Waals surface area contributed by atoms with Gasteiger partial charge in [0.25, 0.3) is 0 Å². The lowest BCUT2D eigenvalue weighted by Gasteiger charge is -2.49. The Balaban J connectivity index is 0.00000133. The molecule has 0 spiro atoms. The van der Waals surface area contributed by atoms with Crippen molar-refractivity contribution in [3.8, 4) is 0 Å². The Bertz CT molecular complexity index is 233. The first-order chi connectivity index (χ1) is 8.92. The Kier molecular flexibility index (Phi) is 5.91. The van der Waals surface area contributed by atoms with Gasteiger partial charge < -0.3 is 10.6 Å². The van der Waals surface area contributed by atoms with Crippen molar-refractivity contribution in [3.63, 3.8) is 0 Å². The van der Waals surface area contributed by atoms with Crippen molar-refractivity contribution in [2.45, 2.75) is 94.2 Å². The van der Waals surface area contributed by atoms with Gasteiger partial charge >= 0.3 is 0 Å². The molecule has 0 amide bonds. The van der Waals surface area contributed by atoms with Gasteiger partial charge in [0.15, 0.2) is 8.32 Å². The molecule has 3 rings (SSSR count). The van der Waals surface area contributed by atoms with Crippen LogP contribution in [0.4, 0.5) is 0 Å². The van der Waals surface area contributed by atoms with E-state index >= 15 is 0 Å². The summed E-state index contributed by atoms with van der Waals surface area (Å²) in [6, 6.07) is 1.52. The molecule has 0 bridgehead atoms. The van der Waals surface area contributed by atoms with Gasteiger partial charge in [-0.05, 0) is 23.5 Å². The minimum atomic E-state index is -1.38. The summed E-state index contributed by atoms with van der Waals surface area (Å²) >= 11 is 0. The zero-order chi connectivity index (χ0) is 12.3. The number of rotatable bonds is 2. The monoisotopic (exact) mass is 283 g/mol. The Morgan fingerprint density at radius 1 is 0.632 bits per heavy atom. The van der Waals surface area contributed by atoms with Crippen LogP contribution in [-0.2, 0) is 4.43 Å². The van der Waals surface area contributed by atoms with Gasteiger partial charge in [-0.15, -0.1) is 0 Å². The fourth-order valence-corrected chi connectivity index (χ4v) is 11.2. The zero-order valence-corrected chi connectivity index (χ0v) is 13.7. The molecule has 0 aromatic heterocycles. The van der Waals surface area contributed by atoms with Crippen molar-refractivity contribution in [2.75, 3.05) is 6.61 Å². The normalized spacial score (nSPS) is 29.7. The van der Waals surface area contributed by atoms with Gasteiger partial charge in [0, 0.05) is 6.61 Å². The van der Waals surface area contributed by atoms with E-state index < -0.39 is 8.32 Å². The Morgan fingerprint density at radius 3 is 1.58 bits per heavy atom. The van der Waals surface area contributed by atoms with Gasteiger partial charge in [0.05, 0.1) is 0 Å². The molecular formula is C16H33NOSi. The summed E-state index contributed by atoms with van der Waals surface area (Å²) in [6.45, 7) is 1.11. The van der Waals surface area contributed by atoms with Crippen molar-refractivity contribution < 1.29 is 4.43 Å². The topological polar surface area (TPSA) is 44.2 Å². The summed E-state index contributed by atoms with van der Waals surface area (Å²) in [5.41, 5.74) is 2.07. The highest BCUT2D eigenvalue weighted by atomic mass is 28.4. The Labute approximate surface area is 120 Å². The zero-order valence-electron chi connectivity index (χ0n) is 12.7. The van der Waals surface area contributed by atoms with Crippen LogP contribution in [-0.4, -0.2) is 14.9 Å². The minimum absolute atomic E-state index is 0. The second-order valence-electron chi connectivity index (χ2n) is 6.93. The highest BCUT2D eigenvalue weighted by Gasteiger charge is 2.50. The van der Waals surface area contributed by atoms with Gasteiger partial charge in [0.2, 0.25) is 0 Å². The molecule has 19 heavy (non-hydrogen) atoms. The molecule has 3 fully saturated rings. The molecule has 0 unspecified atom stereocenters. The third kappa shape index (κ3) is 3.25. The number of hydrogen-bond acceptors (Lipinski definition) is 2. The molecule has 3 aliphatic rings. The van der Waals surface area contributed by atoms with E-state index in [2.05, 4.69) is 0 Å². The molecule has 2 nitrogen and oxygen atoms in total. The third-order valence-corrected chi connectivity index (χ3v) is 11.7. The molecule has 2 saturated carbocycles. The van der Waals surface area contributed by atoms with Crippen LogP contribution in [0, 0.1) is 0 Å². The molecule has 0 aromatic rings. The maximum atomic E-state index is 6.68. The smallest absolute Gasteiger partial charge is 0.198 e. The second-order valence-corrected chi connectivity index (χ2v) is 11.3. The lowest BCUT2D eigenvalue weighted by Crippen LogP contribution is -2.51. The van der Waals surface area contributed by atoms with Crippen molar-refractivity contribution in [2.24, 2.45) is 0 Å². The molecule has 1 saturated heterocycles. The predicted octanol–water partition coefficient (Wildman–Crippen LogP) is 5.57. The molecule has 0 aromatic carbocycles. The molecule has 1 heterocycles. The van der Waals surface area contributed by atoms with Crippen LogP contribution in [0.3, 0.4) is 0 Å². The first-order valence-corrected chi connectivity index (χ1v) is 10.8. The molecule has 112 valence electrons. The molecule has 3 N–H and O–H groups in total.